The van der Waals surface area contributed by atoms with E-state index in [9.17, 15) is 9.59 Å². The molecular formula is C8H6N4O2. The molecule has 0 spiro atoms. The number of hydrogen-bond acceptors (Lipinski definition) is 6. The molecule has 0 saturated carbocycles. The molecule has 0 atom stereocenters. The average Bonchev–Trinajstić information content (AvgIpc) is 2.26. The molecule has 2 rings (SSSR count). The van der Waals surface area contributed by atoms with E-state index >= 15 is 0 Å². The molecule has 1 heterocycles. The third-order valence-electron chi connectivity index (χ3n) is 1.76. The standard InChI is InChI=1S/C8H6N4O2/c9-5-6(8(14)7(5)13)12-4-3-10-1-2-11-4/h1-3H,9H2,(H,11,12). The van der Waals surface area contributed by atoms with Crippen molar-refractivity contribution in [3.63, 3.8) is 0 Å². The summed E-state index contributed by atoms with van der Waals surface area (Å²) in [4.78, 5) is 29.4. The Bertz CT molecular complexity index is 528. The first-order valence-corrected chi connectivity index (χ1v) is 3.82. The second-order valence-corrected chi connectivity index (χ2v) is 2.66. The van der Waals surface area contributed by atoms with Gasteiger partial charge in [-0.05, 0) is 0 Å². The van der Waals surface area contributed by atoms with Gasteiger partial charge >= 0.3 is 0 Å². The molecular weight excluding hydrogens is 184 g/mol. The molecule has 6 nitrogen and oxygen atoms in total. The highest BCUT2D eigenvalue weighted by molar-refractivity contribution is 5.75. The SMILES string of the molecule is Nc1c(Nc2cnccn2)c(=O)c1=O. The summed E-state index contributed by atoms with van der Waals surface area (Å²) >= 11 is 0. The monoisotopic (exact) mass is 190 g/mol. The Hall–Kier alpha value is -2.24. The van der Waals surface area contributed by atoms with E-state index in [1.54, 1.807) is 0 Å². The minimum atomic E-state index is -0.656. The van der Waals surface area contributed by atoms with Crippen LogP contribution in [0.5, 0.6) is 0 Å². The van der Waals surface area contributed by atoms with E-state index in [0.717, 1.165) is 0 Å². The quantitative estimate of drug-likeness (QED) is 0.613. The van der Waals surface area contributed by atoms with Gasteiger partial charge in [-0.1, -0.05) is 0 Å². The van der Waals surface area contributed by atoms with Crippen molar-refractivity contribution in [2.24, 2.45) is 0 Å². The van der Waals surface area contributed by atoms with Gasteiger partial charge < -0.3 is 11.1 Å². The predicted molar refractivity (Wildman–Crippen MR) is 51.1 cm³/mol. The molecule has 0 saturated heterocycles. The summed E-state index contributed by atoms with van der Waals surface area (Å²) in [6.07, 6.45) is 4.39. The number of rotatable bonds is 2. The van der Waals surface area contributed by atoms with Crippen LogP contribution in [0.15, 0.2) is 28.2 Å². The average molecular weight is 190 g/mol. The van der Waals surface area contributed by atoms with Crippen LogP contribution >= 0.6 is 0 Å². The smallest absolute Gasteiger partial charge is 0.253 e. The van der Waals surface area contributed by atoms with Gasteiger partial charge in [-0.3, -0.25) is 14.6 Å². The van der Waals surface area contributed by atoms with E-state index in [0.29, 0.717) is 5.82 Å². The van der Waals surface area contributed by atoms with Crippen molar-refractivity contribution in [2.45, 2.75) is 0 Å². The molecule has 1 aromatic carbocycles. The summed E-state index contributed by atoms with van der Waals surface area (Å²) in [5, 5.41) is 2.62. The molecule has 0 fully saturated rings. The highest BCUT2D eigenvalue weighted by atomic mass is 16.2. The van der Waals surface area contributed by atoms with E-state index < -0.39 is 10.9 Å². The highest BCUT2D eigenvalue weighted by Crippen LogP contribution is 2.14. The number of nitrogens with two attached hydrogens (primary N) is 1. The zero-order valence-electron chi connectivity index (χ0n) is 7.02. The summed E-state index contributed by atoms with van der Waals surface area (Å²) in [6, 6.07) is 0. The van der Waals surface area contributed by atoms with Crippen LogP contribution in [0.3, 0.4) is 0 Å². The predicted octanol–water partition coefficient (Wildman–Crippen LogP) is -0.602. The summed E-state index contributed by atoms with van der Waals surface area (Å²) in [5.74, 6) is 0.381. The second-order valence-electron chi connectivity index (χ2n) is 2.66. The van der Waals surface area contributed by atoms with Crippen molar-refractivity contribution in [3.8, 4) is 0 Å². The fraction of sp³-hybridized carbons (Fsp3) is 0. The molecule has 0 bridgehead atoms. The molecule has 0 radical (unpaired) electrons. The summed E-state index contributed by atoms with van der Waals surface area (Å²) in [6.45, 7) is 0. The molecule has 14 heavy (non-hydrogen) atoms. The van der Waals surface area contributed by atoms with Gasteiger partial charge in [-0.25, -0.2) is 4.98 Å². The Balaban J connectivity index is 2.30. The Kier molecular flexibility index (Phi) is 1.74. The highest BCUT2D eigenvalue weighted by Gasteiger charge is 2.17. The Morgan fingerprint density at radius 1 is 1.21 bits per heavy atom. The lowest BCUT2D eigenvalue weighted by molar-refractivity contribution is 1.19. The van der Waals surface area contributed by atoms with Crippen LogP contribution in [-0.2, 0) is 0 Å². The van der Waals surface area contributed by atoms with Gasteiger partial charge in [0.1, 0.15) is 17.2 Å². The summed E-state index contributed by atoms with van der Waals surface area (Å²) in [5.41, 5.74) is 4.07. The van der Waals surface area contributed by atoms with E-state index in [1.807, 2.05) is 0 Å². The number of anilines is 3. The van der Waals surface area contributed by atoms with Crippen LogP contribution in [0.4, 0.5) is 17.2 Å². The first-order valence-electron chi connectivity index (χ1n) is 3.82. The maximum atomic E-state index is 11.0. The lowest BCUT2D eigenvalue weighted by atomic mass is 10.2. The normalized spacial score (nSPS) is 10.3. The van der Waals surface area contributed by atoms with Crippen molar-refractivity contribution >= 4 is 17.2 Å². The Labute approximate surface area is 78.1 Å². The van der Waals surface area contributed by atoms with Crippen molar-refractivity contribution in [2.75, 3.05) is 11.1 Å². The maximum absolute atomic E-state index is 11.0. The Morgan fingerprint density at radius 3 is 2.57 bits per heavy atom. The van der Waals surface area contributed by atoms with Crippen LogP contribution in [0.1, 0.15) is 0 Å². The number of hydrogen-bond donors (Lipinski definition) is 2. The van der Waals surface area contributed by atoms with Crippen LogP contribution in [0, 0.1) is 0 Å². The molecule has 70 valence electrons. The molecule has 0 aliphatic carbocycles. The zero-order valence-corrected chi connectivity index (χ0v) is 7.02. The van der Waals surface area contributed by atoms with E-state index in [-0.39, 0.29) is 11.4 Å². The van der Waals surface area contributed by atoms with Gasteiger partial charge in [-0.2, -0.15) is 0 Å². The first-order chi connectivity index (χ1) is 6.70. The summed E-state index contributed by atoms with van der Waals surface area (Å²) < 4.78 is 0. The first kappa shape index (κ1) is 8.36. The lowest BCUT2D eigenvalue weighted by Crippen LogP contribution is -2.36. The molecule has 2 aromatic rings. The minimum absolute atomic E-state index is 0.0550. The fourth-order valence-corrected chi connectivity index (χ4v) is 1.02. The van der Waals surface area contributed by atoms with Crippen molar-refractivity contribution in [3.05, 3.63) is 39.0 Å². The van der Waals surface area contributed by atoms with Gasteiger partial charge in [0, 0.05) is 12.4 Å². The molecule has 0 unspecified atom stereocenters. The molecule has 1 aromatic heterocycles. The third kappa shape index (κ3) is 1.13. The minimum Gasteiger partial charge on any atom is -0.394 e. The fourth-order valence-electron chi connectivity index (χ4n) is 1.02. The molecule has 0 aliphatic rings. The van der Waals surface area contributed by atoms with Crippen molar-refractivity contribution in [1.29, 1.82) is 0 Å². The van der Waals surface area contributed by atoms with Gasteiger partial charge in [0.2, 0.25) is 0 Å². The Morgan fingerprint density at radius 2 is 2.00 bits per heavy atom. The maximum Gasteiger partial charge on any atom is 0.253 e. The number of nitrogen functional groups attached to an aromatic ring is 1. The van der Waals surface area contributed by atoms with E-state index in [4.69, 9.17) is 5.73 Å². The van der Waals surface area contributed by atoms with Gasteiger partial charge in [0.05, 0.1) is 6.20 Å². The van der Waals surface area contributed by atoms with E-state index in [2.05, 4.69) is 15.3 Å². The van der Waals surface area contributed by atoms with Gasteiger partial charge in [0.25, 0.3) is 10.9 Å². The van der Waals surface area contributed by atoms with Crippen LogP contribution in [-0.4, -0.2) is 9.97 Å². The van der Waals surface area contributed by atoms with Gasteiger partial charge in [0.15, 0.2) is 0 Å². The molecule has 0 amide bonds. The van der Waals surface area contributed by atoms with Crippen LogP contribution < -0.4 is 21.9 Å². The summed E-state index contributed by atoms with van der Waals surface area (Å²) in [7, 11) is 0. The van der Waals surface area contributed by atoms with Crippen LogP contribution in [0.2, 0.25) is 0 Å². The number of aromatic nitrogens is 2. The van der Waals surface area contributed by atoms with Crippen molar-refractivity contribution < 1.29 is 0 Å². The van der Waals surface area contributed by atoms with E-state index in [1.165, 1.54) is 18.6 Å². The van der Waals surface area contributed by atoms with Crippen molar-refractivity contribution in [1.82, 2.24) is 9.97 Å². The number of nitrogens with zero attached hydrogens (tertiary/aromatic N) is 2. The van der Waals surface area contributed by atoms with Crippen LogP contribution in [0.25, 0.3) is 0 Å². The lowest BCUT2D eigenvalue weighted by Gasteiger charge is -2.07. The molecule has 6 heteroatoms. The topological polar surface area (TPSA) is 98.0 Å². The van der Waals surface area contributed by atoms with Gasteiger partial charge in [-0.15, -0.1) is 0 Å². The molecule has 0 aliphatic heterocycles. The zero-order chi connectivity index (χ0) is 10.1. The third-order valence-corrected chi connectivity index (χ3v) is 1.76. The number of nitrogens with one attached hydrogen (secondary N) is 1. The molecule has 3 N–H and O–H groups in total. The largest absolute Gasteiger partial charge is 0.394 e. The second kappa shape index (κ2) is 2.91.